The fraction of sp³-hybridized carbons (Fsp3) is 0.229. The molecule has 214 valence electrons. The van der Waals surface area contributed by atoms with Gasteiger partial charge in [-0.05, 0) is 76.6 Å². The molecule has 4 aromatic carbocycles. The molecule has 0 aliphatic rings. The van der Waals surface area contributed by atoms with Crippen LogP contribution < -0.4 is 5.32 Å². The van der Waals surface area contributed by atoms with Gasteiger partial charge in [0, 0.05) is 16.1 Å². The minimum absolute atomic E-state index is 0.00375. The molecular weight excluding hydrogens is 546 g/mol. The lowest BCUT2D eigenvalue weighted by Crippen LogP contribution is -2.28. The molecular formula is C35H34ClN3O3. The van der Waals surface area contributed by atoms with Gasteiger partial charge in [0.2, 0.25) is 0 Å². The molecule has 0 radical (unpaired) electrons. The van der Waals surface area contributed by atoms with Gasteiger partial charge in [-0.25, -0.2) is 9.78 Å². The first-order chi connectivity index (χ1) is 20.0. The van der Waals surface area contributed by atoms with E-state index >= 15 is 0 Å². The number of hydrogen-bond donors (Lipinski definition) is 3. The summed E-state index contributed by atoms with van der Waals surface area (Å²) >= 11 is 6.42. The molecule has 3 N–H and O–H groups in total. The number of carboxylic acid groups (broad SMARTS) is 1. The predicted octanol–water partition coefficient (Wildman–Crippen LogP) is 8.82. The number of nitrogens with zero attached hydrogens (tertiary/aromatic N) is 1. The zero-order valence-electron chi connectivity index (χ0n) is 24.2. The molecule has 0 fully saturated rings. The molecule has 1 unspecified atom stereocenters. The summed E-state index contributed by atoms with van der Waals surface area (Å²) in [5, 5.41) is 13.8. The number of hydrogen-bond acceptors (Lipinski definition) is 3. The number of imidazole rings is 1. The summed E-state index contributed by atoms with van der Waals surface area (Å²) in [5.74, 6) is -0.867. The van der Waals surface area contributed by atoms with E-state index in [-0.39, 0.29) is 28.5 Å². The lowest BCUT2D eigenvalue weighted by atomic mass is 9.87. The Labute approximate surface area is 250 Å². The van der Waals surface area contributed by atoms with Crippen molar-refractivity contribution in [3.8, 4) is 22.5 Å². The highest BCUT2D eigenvalue weighted by Crippen LogP contribution is 2.37. The Hall–Kier alpha value is -4.42. The van der Waals surface area contributed by atoms with Crippen molar-refractivity contribution in [1.29, 1.82) is 0 Å². The number of halogens is 1. The van der Waals surface area contributed by atoms with Gasteiger partial charge in [-0.15, -0.1) is 0 Å². The van der Waals surface area contributed by atoms with Gasteiger partial charge in [0.25, 0.3) is 5.91 Å². The quantitative estimate of drug-likeness (QED) is 0.171. The topological polar surface area (TPSA) is 95.1 Å². The van der Waals surface area contributed by atoms with E-state index in [0.29, 0.717) is 27.5 Å². The number of H-pyrrole nitrogens is 1. The molecule has 1 atom stereocenters. The molecule has 1 amide bonds. The molecule has 7 heteroatoms. The third-order valence-electron chi connectivity index (χ3n) is 7.47. The lowest BCUT2D eigenvalue weighted by molar-refractivity contribution is 0.0697. The molecule has 0 spiro atoms. The molecule has 5 aromatic rings. The normalized spacial score (nSPS) is 12.3. The molecule has 1 aromatic heterocycles. The predicted molar refractivity (Wildman–Crippen MR) is 169 cm³/mol. The van der Waals surface area contributed by atoms with Crippen LogP contribution in [0.5, 0.6) is 0 Å². The van der Waals surface area contributed by atoms with Crippen LogP contribution in [0.1, 0.15) is 78.4 Å². The maximum atomic E-state index is 13.3. The van der Waals surface area contributed by atoms with Crippen molar-refractivity contribution >= 4 is 34.5 Å². The maximum Gasteiger partial charge on any atom is 0.336 e. The zero-order valence-corrected chi connectivity index (χ0v) is 24.9. The Bertz CT molecular complexity index is 1770. The van der Waals surface area contributed by atoms with Crippen LogP contribution in [0, 0.1) is 0 Å². The number of aromatic carboxylic acids is 1. The fourth-order valence-electron chi connectivity index (χ4n) is 5.18. The summed E-state index contributed by atoms with van der Waals surface area (Å²) < 4.78 is 0. The number of carboxylic acids is 1. The molecule has 0 aliphatic carbocycles. The molecule has 5 rings (SSSR count). The van der Waals surface area contributed by atoms with Crippen molar-refractivity contribution in [2.45, 2.75) is 52.0 Å². The minimum atomic E-state index is -1.14. The Morgan fingerprint density at radius 2 is 1.67 bits per heavy atom. The first-order valence-electron chi connectivity index (χ1n) is 14.1. The number of benzene rings is 4. The summed E-state index contributed by atoms with van der Waals surface area (Å²) in [5.41, 5.74) is 5.90. The third-order valence-corrected chi connectivity index (χ3v) is 7.71. The van der Waals surface area contributed by atoms with Crippen molar-refractivity contribution in [1.82, 2.24) is 15.3 Å². The van der Waals surface area contributed by atoms with E-state index in [9.17, 15) is 14.7 Å². The van der Waals surface area contributed by atoms with Crippen molar-refractivity contribution in [3.63, 3.8) is 0 Å². The smallest absolute Gasteiger partial charge is 0.336 e. The zero-order chi connectivity index (χ0) is 30.0. The van der Waals surface area contributed by atoms with E-state index < -0.39 is 5.97 Å². The number of fused-ring (bicyclic) bond motifs is 1. The van der Waals surface area contributed by atoms with Gasteiger partial charge >= 0.3 is 5.97 Å². The number of amides is 1. The van der Waals surface area contributed by atoms with Crippen LogP contribution in [-0.2, 0) is 5.41 Å². The van der Waals surface area contributed by atoms with Crippen LogP contribution in [0.2, 0.25) is 5.02 Å². The molecule has 0 aliphatic heterocycles. The molecule has 0 saturated heterocycles. The van der Waals surface area contributed by atoms with Gasteiger partial charge in [-0.2, -0.15) is 0 Å². The second-order valence-corrected chi connectivity index (χ2v) is 12.0. The van der Waals surface area contributed by atoms with Gasteiger partial charge in [-0.3, -0.25) is 4.79 Å². The Balaban J connectivity index is 1.54. The second-order valence-electron chi connectivity index (χ2n) is 11.5. The van der Waals surface area contributed by atoms with Crippen LogP contribution in [0.15, 0.2) is 84.9 Å². The average Bonchev–Trinajstić information content (AvgIpc) is 3.40. The van der Waals surface area contributed by atoms with E-state index in [1.807, 2.05) is 42.5 Å². The summed E-state index contributed by atoms with van der Waals surface area (Å²) in [6.45, 7) is 8.54. The summed E-state index contributed by atoms with van der Waals surface area (Å²) in [6.07, 6.45) is 1.65. The first-order valence-corrected chi connectivity index (χ1v) is 14.5. The van der Waals surface area contributed by atoms with Gasteiger partial charge in [0.15, 0.2) is 0 Å². The SMILES string of the molecule is CCCC(NC(=O)c1ccc(-c2cc(Cl)ccc2-c2nc3ccc(C(C)(C)C)cc3[nH]2)c(C(=O)O)c1)c1ccccc1. The first kappa shape index (κ1) is 29.1. The third kappa shape index (κ3) is 6.09. The van der Waals surface area contributed by atoms with Crippen molar-refractivity contribution in [2.24, 2.45) is 0 Å². The average molecular weight is 580 g/mol. The van der Waals surface area contributed by atoms with Gasteiger partial charge in [-0.1, -0.05) is 88.2 Å². The molecule has 6 nitrogen and oxygen atoms in total. The molecule has 42 heavy (non-hydrogen) atoms. The van der Waals surface area contributed by atoms with Crippen molar-refractivity contribution in [2.75, 3.05) is 0 Å². The number of nitrogens with one attached hydrogen (secondary N) is 2. The second kappa shape index (κ2) is 11.8. The Kier molecular flexibility index (Phi) is 8.19. The van der Waals surface area contributed by atoms with E-state index in [0.717, 1.165) is 29.4 Å². The largest absolute Gasteiger partial charge is 0.478 e. The molecule has 1 heterocycles. The van der Waals surface area contributed by atoms with Crippen molar-refractivity contribution in [3.05, 3.63) is 112 Å². The number of aromatic amines is 1. The number of carbonyl (C=O) groups is 2. The highest BCUT2D eigenvalue weighted by molar-refractivity contribution is 6.31. The van der Waals surface area contributed by atoms with Crippen LogP contribution in [-0.4, -0.2) is 27.0 Å². The van der Waals surface area contributed by atoms with E-state index in [4.69, 9.17) is 16.6 Å². The van der Waals surface area contributed by atoms with Crippen LogP contribution in [0.3, 0.4) is 0 Å². The highest BCUT2D eigenvalue weighted by atomic mass is 35.5. The fourth-order valence-corrected chi connectivity index (χ4v) is 5.36. The van der Waals surface area contributed by atoms with E-state index in [1.54, 1.807) is 24.3 Å². The molecule has 0 saturated carbocycles. The highest BCUT2D eigenvalue weighted by Gasteiger charge is 2.22. The van der Waals surface area contributed by atoms with E-state index in [1.165, 1.54) is 11.6 Å². The lowest BCUT2D eigenvalue weighted by Gasteiger charge is -2.19. The summed E-state index contributed by atoms with van der Waals surface area (Å²) in [6, 6.07) is 25.8. The van der Waals surface area contributed by atoms with Crippen LogP contribution in [0.4, 0.5) is 0 Å². The van der Waals surface area contributed by atoms with Crippen LogP contribution in [0.25, 0.3) is 33.5 Å². The number of aromatic nitrogens is 2. The number of rotatable bonds is 8. The Morgan fingerprint density at radius 3 is 2.36 bits per heavy atom. The van der Waals surface area contributed by atoms with Gasteiger partial charge in [0.05, 0.1) is 22.6 Å². The minimum Gasteiger partial charge on any atom is -0.478 e. The van der Waals surface area contributed by atoms with Crippen molar-refractivity contribution < 1.29 is 14.7 Å². The summed E-state index contributed by atoms with van der Waals surface area (Å²) in [4.78, 5) is 34.1. The Morgan fingerprint density at radius 1 is 0.929 bits per heavy atom. The molecule has 0 bridgehead atoms. The standard InChI is InChI=1S/C35H34ClN3O3/c1-5-9-29(21-10-7-6-8-11-21)39-33(40)22-12-15-25(28(18-22)34(41)42)27-20-24(36)14-16-26(27)32-37-30-17-13-23(35(2,3)4)19-31(30)38-32/h6-8,10-20,29H,5,9H2,1-4H3,(H,37,38)(H,39,40)(H,41,42). The maximum absolute atomic E-state index is 13.3. The van der Waals surface area contributed by atoms with Gasteiger partial charge < -0.3 is 15.4 Å². The number of carbonyl (C=O) groups excluding carboxylic acids is 1. The van der Waals surface area contributed by atoms with Crippen LogP contribution >= 0.6 is 11.6 Å². The van der Waals surface area contributed by atoms with Gasteiger partial charge in [0.1, 0.15) is 5.82 Å². The van der Waals surface area contributed by atoms with E-state index in [2.05, 4.69) is 50.1 Å². The monoisotopic (exact) mass is 579 g/mol. The summed E-state index contributed by atoms with van der Waals surface area (Å²) in [7, 11) is 0.